The third-order valence-electron chi connectivity index (χ3n) is 6.31. The number of ether oxygens (including phenoxy) is 1. The first-order valence-corrected chi connectivity index (χ1v) is 10.2. The van der Waals surface area contributed by atoms with Gasteiger partial charge in [-0.15, -0.1) is 0 Å². The van der Waals surface area contributed by atoms with Crippen molar-refractivity contribution in [2.45, 2.75) is 57.1 Å². The summed E-state index contributed by atoms with van der Waals surface area (Å²) in [6, 6.07) is 2.08. The van der Waals surface area contributed by atoms with Crippen LogP contribution < -0.4 is 5.32 Å². The molecule has 27 heavy (non-hydrogen) atoms. The number of nitrogens with one attached hydrogen (secondary N) is 1. The van der Waals surface area contributed by atoms with Gasteiger partial charge < -0.3 is 10.1 Å². The molecule has 4 bridgehead atoms. The lowest BCUT2D eigenvalue weighted by Gasteiger charge is -2.57. The van der Waals surface area contributed by atoms with E-state index in [9.17, 15) is 14.0 Å². The summed E-state index contributed by atoms with van der Waals surface area (Å²) < 4.78 is 18.9. The Hall–Kier alpha value is -1.33. The summed E-state index contributed by atoms with van der Waals surface area (Å²) in [4.78, 5) is 25.0. The molecule has 0 saturated heterocycles. The van der Waals surface area contributed by atoms with Crippen molar-refractivity contribution in [1.29, 1.82) is 0 Å². The molecule has 4 fully saturated rings. The first-order chi connectivity index (χ1) is 12.7. The number of hydrogen-bond donors (Lipinski definition) is 1. The molecule has 5 rings (SSSR count). The second kappa shape index (κ2) is 6.93. The normalized spacial score (nSPS) is 32.2. The van der Waals surface area contributed by atoms with E-state index < -0.39 is 17.9 Å². The average Bonchev–Trinajstić information content (AvgIpc) is 2.56. The molecule has 1 N–H and O–H groups in total. The van der Waals surface area contributed by atoms with Gasteiger partial charge in [0.05, 0.1) is 15.6 Å². The first-order valence-electron chi connectivity index (χ1n) is 9.42. The second-order valence-corrected chi connectivity index (χ2v) is 9.30. The van der Waals surface area contributed by atoms with Gasteiger partial charge in [0.2, 0.25) is 0 Å². The van der Waals surface area contributed by atoms with Gasteiger partial charge in [0.1, 0.15) is 5.82 Å². The molecule has 4 nitrogen and oxygen atoms in total. The minimum absolute atomic E-state index is 0.0138. The summed E-state index contributed by atoms with van der Waals surface area (Å²) in [5, 5.41) is 2.98. The molecule has 1 aromatic rings. The lowest BCUT2D eigenvalue weighted by molar-refractivity contribution is -0.134. The van der Waals surface area contributed by atoms with E-state index in [-0.39, 0.29) is 27.1 Å². The molecular formula is C20H22Cl2FNO3. The highest BCUT2D eigenvalue weighted by Crippen LogP contribution is 2.55. The van der Waals surface area contributed by atoms with Crippen molar-refractivity contribution in [2.24, 2.45) is 17.8 Å². The molecule has 0 aromatic heterocycles. The number of amides is 1. The third-order valence-corrected chi connectivity index (χ3v) is 6.91. The Morgan fingerprint density at radius 2 is 1.67 bits per heavy atom. The molecule has 4 saturated carbocycles. The van der Waals surface area contributed by atoms with Crippen LogP contribution in [0.1, 0.15) is 55.8 Å². The Labute approximate surface area is 167 Å². The van der Waals surface area contributed by atoms with Gasteiger partial charge in [0.25, 0.3) is 5.91 Å². The minimum Gasteiger partial charge on any atom is -0.449 e. The topological polar surface area (TPSA) is 55.4 Å². The summed E-state index contributed by atoms with van der Waals surface area (Å²) >= 11 is 11.6. The van der Waals surface area contributed by atoms with Crippen molar-refractivity contribution in [3.8, 4) is 0 Å². The molecule has 0 spiro atoms. The predicted molar refractivity (Wildman–Crippen MR) is 100 cm³/mol. The van der Waals surface area contributed by atoms with Crippen molar-refractivity contribution < 1.29 is 18.7 Å². The lowest BCUT2D eigenvalue weighted by atomic mass is 9.53. The largest absolute Gasteiger partial charge is 0.449 e. The molecule has 0 aliphatic heterocycles. The smallest absolute Gasteiger partial charge is 0.340 e. The van der Waals surface area contributed by atoms with Gasteiger partial charge in [-0.25, -0.2) is 9.18 Å². The van der Waals surface area contributed by atoms with E-state index in [0.717, 1.165) is 31.4 Å². The van der Waals surface area contributed by atoms with Crippen LogP contribution >= 0.6 is 23.2 Å². The summed E-state index contributed by atoms with van der Waals surface area (Å²) in [7, 11) is 0. The summed E-state index contributed by atoms with van der Waals surface area (Å²) in [5.41, 5.74) is -0.302. The van der Waals surface area contributed by atoms with Gasteiger partial charge in [-0.3, -0.25) is 4.79 Å². The average molecular weight is 414 g/mol. The van der Waals surface area contributed by atoms with E-state index in [1.54, 1.807) is 0 Å². The van der Waals surface area contributed by atoms with Crippen LogP contribution in [0.5, 0.6) is 0 Å². The van der Waals surface area contributed by atoms with Gasteiger partial charge in [-0.05, 0) is 75.3 Å². The van der Waals surface area contributed by atoms with Crippen molar-refractivity contribution >= 4 is 35.1 Å². The second-order valence-electron chi connectivity index (χ2n) is 8.48. The fourth-order valence-corrected chi connectivity index (χ4v) is 6.04. The highest BCUT2D eigenvalue weighted by molar-refractivity contribution is 6.36. The van der Waals surface area contributed by atoms with Gasteiger partial charge in [-0.1, -0.05) is 23.2 Å². The van der Waals surface area contributed by atoms with Crippen LogP contribution in [0, 0.1) is 23.6 Å². The molecule has 1 amide bonds. The Morgan fingerprint density at radius 3 is 2.22 bits per heavy atom. The number of carbonyl (C=O) groups is 2. The van der Waals surface area contributed by atoms with Crippen LogP contribution in [-0.4, -0.2) is 23.5 Å². The van der Waals surface area contributed by atoms with Crippen LogP contribution in [-0.2, 0) is 9.53 Å². The summed E-state index contributed by atoms with van der Waals surface area (Å²) in [6.07, 6.45) is 5.89. The molecule has 4 aliphatic carbocycles. The number of esters is 1. The standard InChI is InChI=1S/C20H22Cl2FNO3/c1-10(27-19(26)14-5-17(23)16(22)6-15(14)21)18(25)24-20-7-11-2-12(8-20)4-13(3-11)9-20/h5-6,10-13H,2-4,7-9H2,1H3,(H,24,25)/t10-,11?,12?,13?,20?/m1/s1. The first kappa shape index (κ1) is 19.0. The monoisotopic (exact) mass is 413 g/mol. The molecule has 0 unspecified atom stereocenters. The highest BCUT2D eigenvalue weighted by atomic mass is 35.5. The van der Waals surface area contributed by atoms with Crippen LogP contribution in [0.15, 0.2) is 12.1 Å². The van der Waals surface area contributed by atoms with Gasteiger partial charge in [0.15, 0.2) is 6.10 Å². The third kappa shape index (κ3) is 3.68. The van der Waals surface area contributed by atoms with E-state index in [4.69, 9.17) is 27.9 Å². The van der Waals surface area contributed by atoms with Crippen LogP contribution in [0.4, 0.5) is 4.39 Å². The number of rotatable bonds is 4. The number of halogens is 3. The molecule has 0 heterocycles. The Balaban J connectivity index is 1.41. The fourth-order valence-electron chi connectivity index (χ4n) is 5.58. The molecule has 0 radical (unpaired) electrons. The number of hydrogen-bond acceptors (Lipinski definition) is 3. The zero-order valence-electron chi connectivity index (χ0n) is 15.1. The molecule has 1 atom stereocenters. The van der Waals surface area contributed by atoms with Gasteiger partial charge in [0, 0.05) is 5.54 Å². The van der Waals surface area contributed by atoms with E-state index in [1.807, 2.05) is 0 Å². The molecule has 4 aliphatic rings. The van der Waals surface area contributed by atoms with E-state index in [2.05, 4.69) is 5.32 Å². The number of benzene rings is 1. The zero-order chi connectivity index (χ0) is 19.3. The zero-order valence-corrected chi connectivity index (χ0v) is 16.6. The SMILES string of the molecule is C[C@@H](OC(=O)c1cc(F)c(Cl)cc1Cl)C(=O)NC12CC3CC(CC(C3)C1)C2. The predicted octanol–water partition coefficient (Wildman–Crippen LogP) is 4.76. The Morgan fingerprint density at radius 1 is 1.11 bits per heavy atom. The van der Waals surface area contributed by atoms with E-state index in [1.165, 1.54) is 26.2 Å². The van der Waals surface area contributed by atoms with Crippen LogP contribution in [0.2, 0.25) is 10.0 Å². The van der Waals surface area contributed by atoms with E-state index in [0.29, 0.717) is 17.8 Å². The molecule has 7 heteroatoms. The molecule has 146 valence electrons. The maximum Gasteiger partial charge on any atom is 0.340 e. The Bertz CT molecular complexity index is 762. The quantitative estimate of drug-likeness (QED) is 0.571. The fraction of sp³-hybridized carbons (Fsp3) is 0.600. The van der Waals surface area contributed by atoms with Gasteiger partial charge >= 0.3 is 5.97 Å². The molecule has 1 aromatic carbocycles. The highest BCUT2D eigenvalue weighted by Gasteiger charge is 2.51. The maximum atomic E-state index is 13.6. The summed E-state index contributed by atoms with van der Waals surface area (Å²) in [6.45, 7) is 1.52. The van der Waals surface area contributed by atoms with Crippen molar-refractivity contribution in [3.05, 3.63) is 33.6 Å². The van der Waals surface area contributed by atoms with Crippen LogP contribution in [0.25, 0.3) is 0 Å². The lowest BCUT2D eigenvalue weighted by Crippen LogP contribution is -2.61. The maximum absolute atomic E-state index is 13.6. The van der Waals surface area contributed by atoms with Crippen molar-refractivity contribution in [2.75, 3.05) is 0 Å². The van der Waals surface area contributed by atoms with Crippen molar-refractivity contribution in [1.82, 2.24) is 5.32 Å². The minimum atomic E-state index is -0.986. The van der Waals surface area contributed by atoms with Crippen molar-refractivity contribution in [3.63, 3.8) is 0 Å². The van der Waals surface area contributed by atoms with Gasteiger partial charge in [-0.2, -0.15) is 0 Å². The number of carbonyl (C=O) groups excluding carboxylic acids is 2. The molecular weight excluding hydrogens is 392 g/mol. The summed E-state index contributed by atoms with van der Waals surface area (Å²) in [5.74, 6) is 0.180. The van der Waals surface area contributed by atoms with Crippen LogP contribution in [0.3, 0.4) is 0 Å². The Kier molecular flexibility index (Phi) is 4.88. The van der Waals surface area contributed by atoms with E-state index >= 15 is 0 Å².